The Morgan fingerprint density at radius 2 is 1.56 bits per heavy atom. The van der Waals surface area contributed by atoms with E-state index in [0.717, 1.165) is 5.56 Å². The molecular weight excluding hydrogens is 536 g/mol. The van der Waals surface area contributed by atoms with Gasteiger partial charge >= 0.3 is 5.97 Å². The lowest BCUT2D eigenvalue weighted by Crippen LogP contribution is -2.31. The van der Waals surface area contributed by atoms with Crippen LogP contribution in [0.1, 0.15) is 38.8 Å². The summed E-state index contributed by atoms with van der Waals surface area (Å²) in [6.07, 6.45) is 0. The molecule has 0 saturated carbocycles. The van der Waals surface area contributed by atoms with Crippen LogP contribution in [0.2, 0.25) is 5.02 Å². The van der Waals surface area contributed by atoms with E-state index >= 15 is 0 Å². The SMILES string of the molecule is CCOC(=O)c1ccccc1NC(=O)c1ccc(CN(c2cc(Cl)ccc2C)S(=O)(=O)c2ccccc2)cc1. The predicted molar refractivity (Wildman–Crippen MR) is 153 cm³/mol. The van der Waals surface area contributed by atoms with Crippen molar-refractivity contribution in [3.8, 4) is 0 Å². The van der Waals surface area contributed by atoms with Gasteiger partial charge in [-0.15, -0.1) is 0 Å². The van der Waals surface area contributed by atoms with E-state index in [4.69, 9.17) is 16.3 Å². The molecular formula is C30H27ClN2O5S. The molecule has 4 aromatic carbocycles. The fourth-order valence-electron chi connectivity index (χ4n) is 3.97. The molecule has 0 saturated heterocycles. The summed E-state index contributed by atoms with van der Waals surface area (Å²) in [7, 11) is -3.92. The van der Waals surface area contributed by atoms with Crippen LogP contribution in [0.5, 0.6) is 0 Å². The van der Waals surface area contributed by atoms with Gasteiger partial charge in [-0.2, -0.15) is 0 Å². The highest BCUT2D eigenvalue weighted by Gasteiger charge is 2.26. The average Bonchev–Trinajstić information content (AvgIpc) is 2.94. The van der Waals surface area contributed by atoms with Crippen LogP contribution in [0.4, 0.5) is 11.4 Å². The van der Waals surface area contributed by atoms with Crippen molar-refractivity contribution in [2.45, 2.75) is 25.3 Å². The van der Waals surface area contributed by atoms with Crippen LogP contribution in [0.3, 0.4) is 0 Å². The maximum atomic E-state index is 13.7. The van der Waals surface area contributed by atoms with Crippen LogP contribution in [0.15, 0.2) is 102 Å². The maximum absolute atomic E-state index is 13.7. The zero-order chi connectivity index (χ0) is 28.0. The molecule has 0 radical (unpaired) electrons. The standard InChI is InChI=1S/C30H27ClN2O5S/c1-3-38-30(35)26-11-7-8-12-27(26)32-29(34)23-16-14-22(15-17-23)20-33(28-19-24(31)18-13-21(28)2)39(36,37)25-9-5-4-6-10-25/h4-19H,3,20H2,1-2H3,(H,32,34). The monoisotopic (exact) mass is 562 g/mol. The molecule has 0 unspecified atom stereocenters. The zero-order valence-corrected chi connectivity index (χ0v) is 23.0. The molecule has 0 atom stereocenters. The summed E-state index contributed by atoms with van der Waals surface area (Å²) >= 11 is 6.24. The minimum atomic E-state index is -3.92. The van der Waals surface area contributed by atoms with Crippen LogP contribution in [0.25, 0.3) is 0 Å². The molecule has 0 spiro atoms. The number of aryl methyl sites for hydroxylation is 1. The number of carbonyl (C=O) groups excluding carboxylic acids is 2. The number of halogens is 1. The van der Waals surface area contributed by atoms with Gasteiger partial charge in [-0.1, -0.05) is 60.1 Å². The van der Waals surface area contributed by atoms with Gasteiger partial charge in [0.1, 0.15) is 0 Å². The van der Waals surface area contributed by atoms with E-state index in [1.165, 1.54) is 4.31 Å². The predicted octanol–water partition coefficient (Wildman–Crippen LogP) is 6.47. The van der Waals surface area contributed by atoms with Crippen molar-refractivity contribution < 1.29 is 22.7 Å². The molecule has 9 heteroatoms. The number of benzene rings is 4. The largest absolute Gasteiger partial charge is 0.462 e. The third-order valence-corrected chi connectivity index (χ3v) is 7.99. The van der Waals surface area contributed by atoms with Crippen molar-refractivity contribution in [1.82, 2.24) is 0 Å². The van der Waals surface area contributed by atoms with Crippen molar-refractivity contribution in [3.63, 3.8) is 0 Å². The molecule has 0 fully saturated rings. The number of hydrogen-bond acceptors (Lipinski definition) is 5. The number of nitrogens with one attached hydrogen (secondary N) is 1. The van der Waals surface area contributed by atoms with Crippen molar-refractivity contribution in [2.75, 3.05) is 16.2 Å². The number of nitrogens with zero attached hydrogens (tertiary/aromatic N) is 1. The van der Waals surface area contributed by atoms with E-state index in [9.17, 15) is 18.0 Å². The fraction of sp³-hybridized carbons (Fsp3) is 0.133. The molecule has 1 N–H and O–H groups in total. The summed E-state index contributed by atoms with van der Waals surface area (Å²) in [6.45, 7) is 3.77. The maximum Gasteiger partial charge on any atom is 0.340 e. The Morgan fingerprint density at radius 3 is 2.26 bits per heavy atom. The molecule has 7 nitrogen and oxygen atoms in total. The summed E-state index contributed by atoms with van der Waals surface area (Å²) in [5.74, 6) is -0.947. The van der Waals surface area contributed by atoms with Crippen LogP contribution in [-0.4, -0.2) is 26.9 Å². The van der Waals surface area contributed by atoms with Crippen molar-refractivity contribution in [1.29, 1.82) is 0 Å². The minimum absolute atomic E-state index is 0.0198. The first-order valence-corrected chi connectivity index (χ1v) is 14.0. The first-order chi connectivity index (χ1) is 18.7. The summed E-state index contributed by atoms with van der Waals surface area (Å²) in [4.78, 5) is 25.3. The Kier molecular flexibility index (Phi) is 8.69. The van der Waals surface area contributed by atoms with Crippen LogP contribution < -0.4 is 9.62 Å². The molecule has 39 heavy (non-hydrogen) atoms. The van der Waals surface area contributed by atoms with E-state index in [1.54, 1.807) is 104 Å². The second-order valence-corrected chi connectivity index (χ2v) is 11.0. The first-order valence-electron chi connectivity index (χ1n) is 12.2. The van der Waals surface area contributed by atoms with Gasteiger partial charge in [0, 0.05) is 10.6 Å². The highest BCUT2D eigenvalue weighted by atomic mass is 35.5. The number of carbonyl (C=O) groups is 2. The summed E-state index contributed by atoms with van der Waals surface area (Å²) in [6, 6.07) is 26.5. The third-order valence-electron chi connectivity index (χ3n) is 5.98. The molecule has 0 heterocycles. The molecule has 200 valence electrons. The molecule has 0 aliphatic carbocycles. The molecule has 0 aliphatic rings. The van der Waals surface area contributed by atoms with E-state index in [-0.39, 0.29) is 23.6 Å². The van der Waals surface area contributed by atoms with Crippen LogP contribution >= 0.6 is 11.6 Å². The van der Waals surface area contributed by atoms with E-state index in [0.29, 0.717) is 27.5 Å². The van der Waals surface area contributed by atoms with E-state index in [1.807, 2.05) is 6.92 Å². The number of para-hydroxylation sites is 1. The van der Waals surface area contributed by atoms with Gasteiger partial charge in [-0.25, -0.2) is 13.2 Å². The Hall–Kier alpha value is -4.14. The lowest BCUT2D eigenvalue weighted by Gasteiger charge is -2.26. The summed E-state index contributed by atoms with van der Waals surface area (Å²) in [5.41, 5.74) is 2.80. The molecule has 4 rings (SSSR count). The van der Waals surface area contributed by atoms with Gasteiger partial charge in [0.2, 0.25) is 0 Å². The second-order valence-electron chi connectivity index (χ2n) is 8.67. The first kappa shape index (κ1) is 27.9. The minimum Gasteiger partial charge on any atom is -0.462 e. The number of amides is 1. The number of esters is 1. The topological polar surface area (TPSA) is 92.8 Å². The number of rotatable bonds is 9. The Balaban J connectivity index is 1.61. The normalized spacial score (nSPS) is 11.1. The highest BCUT2D eigenvalue weighted by molar-refractivity contribution is 7.92. The zero-order valence-electron chi connectivity index (χ0n) is 21.4. The van der Waals surface area contributed by atoms with Gasteiger partial charge in [-0.05, 0) is 73.5 Å². The number of sulfonamides is 1. The number of ether oxygens (including phenoxy) is 1. The van der Waals surface area contributed by atoms with Gasteiger partial charge in [0.25, 0.3) is 15.9 Å². The van der Waals surface area contributed by atoms with Gasteiger partial charge in [0.05, 0.1) is 35.0 Å². The van der Waals surface area contributed by atoms with Crippen LogP contribution in [0, 0.1) is 6.92 Å². The smallest absolute Gasteiger partial charge is 0.340 e. The third kappa shape index (κ3) is 6.47. The quantitative estimate of drug-likeness (QED) is 0.236. The van der Waals surface area contributed by atoms with Crippen LogP contribution in [-0.2, 0) is 21.3 Å². The van der Waals surface area contributed by atoms with Crippen molar-refractivity contribution in [3.05, 3.63) is 124 Å². The molecule has 0 aliphatic heterocycles. The Bertz CT molecular complexity index is 1590. The van der Waals surface area contributed by atoms with Gasteiger partial charge in [-0.3, -0.25) is 9.10 Å². The Labute approximate surface area is 233 Å². The van der Waals surface area contributed by atoms with Gasteiger partial charge in [0.15, 0.2) is 0 Å². The van der Waals surface area contributed by atoms with E-state index < -0.39 is 21.9 Å². The average molecular weight is 563 g/mol. The summed E-state index contributed by atoms with van der Waals surface area (Å²) < 4.78 is 33.8. The second kappa shape index (κ2) is 12.1. The lowest BCUT2D eigenvalue weighted by atomic mass is 10.1. The highest BCUT2D eigenvalue weighted by Crippen LogP contribution is 2.31. The fourth-order valence-corrected chi connectivity index (χ4v) is 5.67. The number of hydrogen-bond donors (Lipinski definition) is 1. The van der Waals surface area contributed by atoms with E-state index in [2.05, 4.69) is 5.32 Å². The van der Waals surface area contributed by atoms with Crippen molar-refractivity contribution >= 4 is 44.9 Å². The number of anilines is 2. The molecule has 0 aromatic heterocycles. The Morgan fingerprint density at radius 1 is 0.897 bits per heavy atom. The molecule has 1 amide bonds. The lowest BCUT2D eigenvalue weighted by molar-refractivity contribution is 0.0527. The molecule has 4 aromatic rings. The summed E-state index contributed by atoms with van der Waals surface area (Å²) in [5, 5.41) is 3.17. The van der Waals surface area contributed by atoms with Gasteiger partial charge < -0.3 is 10.1 Å². The van der Waals surface area contributed by atoms with Crippen molar-refractivity contribution in [2.24, 2.45) is 0 Å². The molecule has 0 bridgehead atoms.